The number of ether oxygens (including phenoxy) is 2. The summed E-state index contributed by atoms with van der Waals surface area (Å²) in [4.78, 5) is 8.81. The summed E-state index contributed by atoms with van der Waals surface area (Å²) in [7, 11) is 1.64. The van der Waals surface area contributed by atoms with Crippen LogP contribution in [-0.2, 0) is 22.6 Å². The number of rotatable bonds is 9. The van der Waals surface area contributed by atoms with Gasteiger partial charge in [0, 0.05) is 18.7 Å². The molecule has 0 aromatic heterocycles. The molecule has 0 saturated heterocycles. The second-order valence-corrected chi connectivity index (χ2v) is 6.38. The summed E-state index contributed by atoms with van der Waals surface area (Å²) in [5.74, 6) is 0.245. The largest absolute Gasteiger partial charge is 0.493 e. The highest BCUT2D eigenvalue weighted by Gasteiger charge is 2.12. The van der Waals surface area contributed by atoms with Gasteiger partial charge in [-0.2, -0.15) is 0 Å². The van der Waals surface area contributed by atoms with Gasteiger partial charge < -0.3 is 19.4 Å². The van der Waals surface area contributed by atoms with Crippen molar-refractivity contribution in [3.05, 3.63) is 66.0 Å². The summed E-state index contributed by atoms with van der Waals surface area (Å²) in [6.07, 6.45) is 5.15. The smallest absolute Gasteiger partial charge is 0.134 e. The minimum atomic E-state index is -0.306. The number of aldehydes is 1. The number of unbranched alkanes of at least 4 members (excludes halogenated alkanes) is 1. The molecule has 0 atom stereocenters. The zero-order valence-electron chi connectivity index (χ0n) is 18.6. The lowest BCUT2D eigenvalue weighted by Crippen LogP contribution is -2.01. The van der Waals surface area contributed by atoms with Crippen LogP contribution < -0.4 is 4.74 Å². The minimum absolute atomic E-state index is 0.0348. The molecule has 30 heavy (non-hydrogen) atoms. The molecular formula is C25H35FO4. The molecule has 0 radical (unpaired) electrons. The zero-order chi connectivity index (χ0) is 22.8. The Bertz CT molecular complexity index is 738. The first-order valence-corrected chi connectivity index (χ1v) is 10.1. The maximum absolute atomic E-state index is 14.6. The van der Waals surface area contributed by atoms with Gasteiger partial charge in [-0.1, -0.05) is 37.6 Å². The maximum Gasteiger partial charge on any atom is 0.134 e. The second kappa shape index (κ2) is 17.4. The van der Waals surface area contributed by atoms with E-state index in [1.165, 1.54) is 13.0 Å². The number of methoxy groups -OCH3 is 1. The molecule has 0 aliphatic heterocycles. The van der Waals surface area contributed by atoms with Gasteiger partial charge in [-0.25, -0.2) is 4.39 Å². The van der Waals surface area contributed by atoms with E-state index in [-0.39, 0.29) is 12.4 Å². The minimum Gasteiger partial charge on any atom is -0.493 e. The van der Waals surface area contributed by atoms with Crippen LogP contribution in [0, 0.1) is 5.82 Å². The molecule has 0 bridgehead atoms. The first-order valence-electron chi connectivity index (χ1n) is 10.1. The van der Waals surface area contributed by atoms with Gasteiger partial charge in [-0.3, -0.25) is 0 Å². The number of carbonyl (C=O) groups excluding carboxylic acids is 1. The molecule has 2 rings (SSSR count). The summed E-state index contributed by atoms with van der Waals surface area (Å²) < 4.78 is 25.3. The molecule has 0 saturated carbocycles. The molecular weight excluding hydrogens is 383 g/mol. The van der Waals surface area contributed by atoms with Crippen molar-refractivity contribution in [3.63, 3.8) is 0 Å². The van der Waals surface area contributed by atoms with Crippen molar-refractivity contribution in [1.29, 1.82) is 0 Å². The van der Waals surface area contributed by atoms with Crippen LogP contribution in [0.15, 0.2) is 49.1 Å². The van der Waals surface area contributed by atoms with Crippen LogP contribution in [-0.4, -0.2) is 31.7 Å². The van der Waals surface area contributed by atoms with Crippen LogP contribution in [0.25, 0.3) is 11.1 Å². The topological polar surface area (TPSA) is 55.8 Å². The Morgan fingerprint density at radius 3 is 2.27 bits per heavy atom. The van der Waals surface area contributed by atoms with Gasteiger partial charge >= 0.3 is 0 Å². The van der Waals surface area contributed by atoms with Crippen LogP contribution >= 0.6 is 0 Å². The Balaban J connectivity index is 0.00000125. The molecule has 5 heteroatoms. The van der Waals surface area contributed by atoms with Gasteiger partial charge in [-0.15, -0.1) is 6.58 Å². The molecule has 0 heterocycles. The molecule has 1 N–H and O–H groups in total. The van der Waals surface area contributed by atoms with E-state index < -0.39 is 0 Å². The highest BCUT2D eigenvalue weighted by atomic mass is 19.1. The van der Waals surface area contributed by atoms with E-state index in [1.54, 1.807) is 25.3 Å². The SMILES string of the molecule is C=CC.CC=O.CCCCOc1ccc(-c2ccc(CO)cc2CCOC)c(F)c1. The highest BCUT2D eigenvalue weighted by Crippen LogP contribution is 2.30. The van der Waals surface area contributed by atoms with Gasteiger partial charge in [0.2, 0.25) is 0 Å². The first kappa shape index (κ1) is 27.5. The Morgan fingerprint density at radius 1 is 1.10 bits per heavy atom. The molecule has 0 aliphatic carbocycles. The van der Waals surface area contributed by atoms with Crippen molar-refractivity contribution in [2.45, 2.75) is 46.6 Å². The van der Waals surface area contributed by atoms with Crippen molar-refractivity contribution in [3.8, 4) is 16.9 Å². The number of hydrogen-bond donors (Lipinski definition) is 1. The molecule has 4 nitrogen and oxygen atoms in total. The van der Waals surface area contributed by atoms with Gasteiger partial charge in [0.25, 0.3) is 0 Å². The Labute approximate surface area is 180 Å². The average molecular weight is 419 g/mol. The van der Waals surface area contributed by atoms with E-state index in [9.17, 15) is 9.50 Å². The van der Waals surface area contributed by atoms with Crippen molar-refractivity contribution < 1.29 is 23.8 Å². The second-order valence-electron chi connectivity index (χ2n) is 6.38. The fraction of sp³-hybridized carbons (Fsp3) is 0.400. The van der Waals surface area contributed by atoms with Gasteiger partial charge in [0.1, 0.15) is 17.9 Å². The van der Waals surface area contributed by atoms with E-state index in [0.29, 0.717) is 30.9 Å². The van der Waals surface area contributed by atoms with E-state index in [0.717, 1.165) is 35.8 Å². The lowest BCUT2D eigenvalue weighted by molar-refractivity contribution is -0.106. The van der Waals surface area contributed by atoms with Crippen molar-refractivity contribution in [2.75, 3.05) is 20.3 Å². The fourth-order valence-electron chi connectivity index (χ4n) is 2.57. The molecule has 0 amide bonds. The van der Waals surface area contributed by atoms with E-state index in [2.05, 4.69) is 13.5 Å². The Hall–Kier alpha value is -2.50. The van der Waals surface area contributed by atoms with Gasteiger partial charge in [0.15, 0.2) is 0 Å². The number of allylic oxidation sites excluding steroid dienone is 1. The predicted octanol–water partition coefficient (Wildman–Crippen LogP) is 5.75. The van der Waals surface area contributed by atoms with Crippen molar-refractivity contribution >= 4 is 6.29 Å². The molecule has 2 aromatic rings. The van der Waals surface area contributed by atoms with Crippen LogP contribution in [0.3, 0.4) is 0 Å². The number of carbonyl (C=O) groups is 1. The number of benzene rings is 2. The monoisotopic (exact) mass is 418 g/mol. The normalized spacial score (nSPS) is 9.53. The molecule has 2 aromatic carbocycles. The maximum atomic E-state index is 14.6. The van der Waals surface area contributed by atoms with Crippen molar-refractivity contribution in [2.24, 2.45) is 0 Å². The Morgan fingerprint density at radius 2 is 1.73 bits per heavy atom. The standard InChI is InChI=1S/C20H25FO3.C3H6.C2H4O/c1-3-4-10-24-17-6-8-19(20(21)13-17)18-7-5-15(14-22)12-16(18)9-11-23-2;1-3-2;1-2-3/h5-8,12-13,22H,3-4,9-11,14H2,1-2H3;3H,1H2,2H3;2H,1H3. The summed E-state index contributed by atoms with van der Waals surface area (Å²) in [6, 6.07) is 10.6. The average Bonchev–Trinajstić information content (AvgIpc) is 2.74. The van der Waals surface area contributed by atoms with E-state index in [1.807, 2.05) is 25.1 Å². The van der Waals surface area contributed by atoms with Crippen molar-refractivity contribution in [1.82, 2.24) is 0 Å². The molecule has 0 spiro atoms. The lowest BCUT2D eigenvalue weighted by atomic mass is 9.95. The number of aliphatic hydroxyl groups is 1. The predicted molar refractivity (Wildman–Crippen MR) is 121 cm³/mol. The fourth-order valence-corrected chi connectivity index (χ4v) is 2.57. The molecule has 0 unspecified atom stereocenters. The number of aliphatic hydroxyl groups excluding tert-OH is 1. The first-order chi connectivity index (χ1) is 14.5. The third-order valence-corrected chi connectivity index (χ3v) is 3.93. The summed E-state index contributed by atoms with van der Waals surface area (Å²) in [5.41, 5.74) is 3.13. The quantitative estimate of drug-likeness (QED) is 0.320. The summed E-state index contributed by atoms with van der Waals surface area (Å²) in [5, 5.41) is 9.32. The number of hydrogen-bond acceptors (Lipinski definition) is 4. The van der Waals surface area contributed by atoms with Gasteiger partial charge in [-0.05, 0) is 55.5 Å². The van der Waals surface area contributed by atoms with Gasteiger partial charge in [0.05, 0.1) is 19.8 Å². The number of halogens is 1. The Kier molecular flexibility index (Phi) is 15.9. The van der Waals surface area contributed by atoms with Crippen LogP contribution in [0.5, 0.6) is 5.75 Å². The van der Waals surface area contributed by atoms with E-state index in [4.69, 9.17) is 14.3 Å². The lowest BCUT2D eigenvalue weighted by Gasteiger charge is -2.13. The highest BCUT2D eigenvalue weighted by molar-refractivity contribution is 5.69. The molecule has 0 fully saturated rings. The van der Waals surface area contributed by atoms with E-state index >= 15 is 0 Å². The van der Waals surface area contributed by atoms with Crippen LogP contribution in [0.2, 0.25) is 0 Å². The third-order valence-electron chi connectivity index (χ3n) is 3.93. The summed E-state index contributed by atoms with van der Waals surface area (Å²) >= 11 is 0. The molecule has 166 valence electrons. The zero-order valence-corrected chi connectivity index (χ0v) is 18.6. The van der Waals surface area contributed by atoms with Crippen LogP contribution in [0.4, 0.5) is 4.39 Å². The third kappa shape index (κ3) is 10.3. The molecule has 0 aliphatic rings. The van der Waals surface area contributed by atoms with Crippen LogP contribution in [0.1, 0.15) is 44.7 Å². The summed E-state index contributed by atoms with van der Waals surface area (Å²) in [6.45, 7) is 9.89.